The van der Waals surface area contributed by atoms with Gasteiger partial charge in [-0.05, 0) is 42.8 Å². The van der Waals surface area contributed by atoms with Crippen LogP contribution >= 0.6 is 11.8 Å². The molecule has 1 heterocycles. The maximum atomic E-state index is 13.2. The number of thioether (sulfide) groups is 1. The van der Waals surface area contributed by atoms with Gasteiger partial charge in [0.05, 0.1) is 18.8 Å². The maximum Gasteiger partial charge on any atom is 0.277 e. The molecule has 0 aliphatic heterocycles. The second-order valence-corrected chi connectivity index (χ2v) is 7.04. The van der Waals surface area contributed by atoms with Crippen LogP contribution in [-0.4, -0.2) is 28.5 Å². The summed E-state index contributed by atoms with van der Waals surface area (Å²) in [5.41, 5.74) is 1.41. The number of halogens is 1. The number of carbonyl (C=O) groups excluding carboxylic acids is 1. The molecule has 0 saturated heterocycles. The number of aromatic nitrogens is 2. The molecule has 0 saturated carbocycles. The summed E-state index contributed by atoms with van der Waals surface area (Å²) >= 11 is 1.15. The van der Waals surface area contributed by atoms with Crippen molar-refractivity contribution in [3.05, 3.63) is 65.8 Å². The van der Waals surface area contributed by atoms with E-state index in [1.807, 2.05) is 24.3 Å². The standard InChI is InChI=1S/C19H18FN3O3S/c1-12(18(24)21-15-5-3-4-14(20)11-15)27-19-23-22-17(26-19)10-13-6-8-16(25-2)9-7-13/h3-9,11-12H,10H2,1-2H3,(H,21,24)/t12-/m0/s1. The van der Waals surface area contributed by atoms with Crippen LogP contribution in [-0.2, 0) is 11.2 Å². The van der Waals surface area contributed by atoms with Gasteiger partial charge in [0.1, 0.15) is 11.6 Å². The number of amides is 1. The first-order valence-corrected chi connectivity index (χ1v) is 9.10. The number of nitrogens with zero attached hydrogens (tertiary/aromatic N) is 2. The van der Waals surface area contributed by atoms with Crippen LogP contribution in [0, 0.1) is 5.82 Å². The van der Waals surface area contributed by atoms with Crippen LogP contribution in [0.4, 0.5) is 10.1 Å². The molecule has 1 N–H and O–H groups in total. The highest BCUT2D eigenvalue weighted by molar-refractivity contribution is 8.00. The van der Waals surface area contributed by atoms with Crippen molar-refractivity contribution >= 4 is 23.4 Å². The van der Waals surface area contributed by atoms with Crippen LogP contribution in [0.5, 0.6) is 5.75 Å². The Hall–Kier alpha value is -2.87. The first-order valence-electron chi connectivity index (χ1n) is 8.22. The number of ether oxygens (including phenoxy) is 1. The van der Waals surface area contributed by atoms with Gasteiger partial charge in [-0.25, -0.2) is 4.39 Å². The fourth-order valence-corrected chi connectivity index (χ4v) is 2.99. The Morgan fingerprint density at radius 1 is 1.26 bits per heavy atom. The summed E-state index contributed by atoms with van der Waals surface area (Å²) in [6.07, 6.45) is 0.488. The first-order chi connectivity index (χ1) is 13.0. The Labute approximate surface area is 160 Å². The van der Waals surface area contributed by atoms with Crippen LogP contribution in [0.15, 0.2) is 58.2 Å². The second kappa shape index (κ2) is 8.68. The molecule has 3 aromatic rings. The minimum Gasteiger partial charge on any atom is -0.497 e. The third-order valence-electron chi connectivity index (χ3n) is 3.70. The summed E-state index contributed by atoms with van der Waals surface area (Å²) in [4.78, 5) is 12.2. The number of carbonyl (C=O) groups is 1. The molecular weight excluding hydrogens is 369 g/mol. The van der Waals surface area contributed by atoms with E-state index in [1.54, 1.807) is 20.1 Å². The summed E-state index contributed by atoms with van der Waals surface area (Å²) in [6.45, 7) is 1.71. The van der Waals surface area contributed by atoms with Crippen molar-refractivity contribution in [3.8, 4) is 5.75 Å². The number of hydrogen-bond donors (Lipinski definition) is 1. The molecule has 3 rings (SSSR count). The predicted molar refractivity (Wildman–Crippen MR) is 100 cm³/mol. The average Bonchev–Trinajstić information content (AvgIpc) is 3.09. The highest BCUT2D eigenvalue weighted by atomic mass is 32.2. The van der Waals surface area contributed by atoms with E-state index >= 15 is 0 Å². The quantitative estimate of drug-likeness (QED) is 0.619. The Kier molecular flexibility index (Phi) is 6.08. The molecule has 6 nitrogen and oxygen atoms in total. The molecule has 0 radical (unpaired) electrons. The van der Waals surface area contributed by atoms with Crippen molar-refractivity contribution in [3.63, 3.8) is 0 Å². The highest BCUT2D eigenvalue weighted by Gasteiger charge is 2.18. The third-order valence-corrected chi connectivity index (χ3v) is 4.64. The number of benzene rings is 2. The van der Waals surface area contributed by atoms with Gasteiger partial charge in [0.15, 0.2) is 0 Å². The van der Waals surface area contributed by atoms with Gasteiger partial charge >= 0.3 is 0 Å². The van der Waals surface area contributed by atoms with Gasteiger partial charge in [0.25, 0.3) is 5.22 Å². The lowest BCUT2D eigenvalue weighted by molar-refractivity contribution is -0.115. The zero-order chi connectivity index (χ0) is 19.2. The Morgan fingerprint density at radius 2 is 2.04 bits per heavy atom. The lowest BCUT2D eigenvalue weighted by atomic mass is 10.1. The summed E-state index contributed by atoms with van der Waals surface area (Å²) in [5, 5.41) is 10.5. The van der Waals surface area contributed by atoms with E-state index in [0.29, 0.717) is 23.2 Å². The largest absolute Gasteiger partial charge is 0.497 e. The van der Waals surface area contributed by atoms with E-state index in [0.717, 1.165) is 23.1 Å². The molecule has 8 heteroatoms. The molecule has 0 fully saturated rings. The van der Waals surface area contributed by atoms with Crippen molar-refractivity contribution in [2.75, 3.05) is 12.4 Å². The molecule has 0 bridgehead atoms. The van der Waals surface area contributed by atoms with E-state index in [1.165, 1.54) is 18.2 Å². The van der Waals surface area contributed by atoms with Gasteiger partial charge in [0, 0.05) is 5.69 Å². The fourth-order valence-electron chi connectivity index (χ4n) is 2.29. The summed E-state index contributed by atoms with van der Waals surface area (Å²) < 4.78 is 23.9. The van der Waals surface area contributed by atoms with Gasteiger partial charge in [-0.3, -0.25) is 4.79 Å². The summed E-state index contributed by atoms with van der Waals surface area (Å²) in [5.74, 6) is 0.549. The molecule has 1 atom stereocenters. The fraction of sp³-hybridized carbons (Fsp3) is 0.211. The number of nitrogens with one attached hydrogen (secondary N) is 1. The van der Waals surface area contributed by atoms with E-state index in [9.17, 15) is 9.18 Å². The second-order valence-electron chi connectivity index (χ2n) is 5.75. The summed E-state index contributed by atoms with van der Waals surface area (Å²) in [7, 11) is 1.61. The number of rotatable bonds is 7. The minimum absolute atomic E-state index is 0.277. The van der Waals surface area contributed by atoms with Crippen molar-refractivity contribution in [2.24, 2.45) is 0 Å². The third kappa shape index (κ3) is 5.30. The molecule has 140 valence electrons. The SMILES string of the molecule is COc1ccc(Cc2nnc(S[C@@H](C)C(=O)Nc3cccc(F)c3)o2)cc1. The molecule has 0 unspecified atom stereocenters. The molecule has 0 aliphatic rings. The van der Waals surface area contributed by atoms with Crippen molar-refractivity contribution < 1.29 is 18.3 Å². The van der Waals surface area contributed by atoms with E-state index < -0.39 is 11.1 Å². The lowest BCUT2D eigenvalue weighted by Gasteiger charge is -2.09. The van der Waals surface area contributed by atoms with Gasteiger partial charge in [-0.15, -0.1) is 10.2 Å². The van der Waals surface area contributed by atoms with Gasteiger partial charge < -0.3 is 14.5 Å². The molecule has 1 amide bonds. The number of anilines is 1. The van der Waals surface area contributed by atoms with Crippen LogP contribution in [0.1, 0.15) is 18.4 Å². The molecule has 0 aliphatic carbocycles. The number of methoxy groups -OCH3 is 1. The normalized spacial score (nSPS) is 11.8. The monoisotopic (exact) mass is 387 g/mol. The van der Waals surface area contributed by atoms with Gasteiger partial charge in [-0.1, -0.05) is 30.0 Å². The van der Waals surface area contributed by atoms with Crippen LogP contribution in [0.25, 0.3) is 0 Å². The van der Waals surface area contributed by atoms with Crippen molar-refractivity contribution in [2.45, 2.75) is 23.8 Å². The van der Waals surface area contributed by atoms with Gasteiger partial charge in [-0.2, -0.15) is 0 Å². The topological polar surface area (TPSA) is 77.2 Å². The number of hydrogen-bond acceptors (Lipinski definition) is 6. The minimum atomic E-state index is -0.484. The van der Waals surface area contributed by atoms with Crippen molar-refractivity contribution in [1.82, 2.24) is 10.2 Å². The molecule has 27 heavy (non-hydrogen) atoms. The molecular formula is C19H18FN3O3S. The van der Waals surface area contributed by atoms with E-state index in [2.05, 4.69) is 15.5 Å². The van der Waals surface area contributed by atoms with Crippen LogP contribution in [0.3, 0.4) is 0 Å². The Bertz CT molecular complexity index is 915. The lowest BCUT2D eigenvalue weighted by Crippen LogP contribution is -2.22. The Balaban J connectivity index is 1.56. The highest BCUT2D eigenvalue weighted by Crippen LogP contribution is 2.24. The van der Waals surface area contributed by atoms with Crippen LogP contribution < -0.4 is 10.1 Å². The maximum absolute atomic E-state index is 13.2. The van der Waals surface area contributed by atoms with E-state index in [4.69, 9.17) is 9.15 Å². The molecule has 1 aromatic heterocycles. The summed E-state index contributed by atoms with van der Waals surface area (Å²) in [6, 6.07) is 13.3. The smallest absolute Gasteiger partial charge is 0.277 e. The molecule has 0 spiro atoms. The zero-order valence-electron chi connectivity index (χ0n) is 14.8. The zero-order valence-corrected chi connectivity index (χ0v) is 15.6. The van der Waals surface area contributed by atoms with E-state index in [-0.39, 0.29) is 5.91 Å². The predicted octanol–water partition coefficient (Wildman–Crippen LogP) is 3.93. The van der Waals surface area contributed by atoms with Crippen LogP contribution in [0.2, 0.25) is 0 Å². The average molecular weight is 387 g/mol. The Morgan fingerprint density at radius 3 is 2.74 bits per heavy atom. The first kappa shape index (κ1) is 18.9. The molecule has 2 aromatic carbocycles. The van der Waals surface area contributed by atoms with Crippen molar-refractivity contribution in [1.29, 1.82) is 0 Å². The van der Waals surface area contributed by atoms with Gasteiger partial charge in [0.2, 0.25) is 11.8 Å².